The number of carbonyl (C=O) groups excluding carboxylic acids is 3. The number of allylic oxidation sites excluding steroid dienone is 4. The van der Waals surface area contributed by atoms with E-state index in [1.807, 2.05) is 0 Å². The Morgan fingerprint density at radius 2 is 1.12 bits per heavy atom. The predicted molar refractivity (Wildman–Crippen MR) is 214 cm³/mol. The van der Waals surface area contributed by atoms with E-state index >= 15 is 0 Å². The smallest absolute Gasteiger partial charge is 0.419 e. The molecular weight excluding hydrogens is 839 g/mol. The van der Waals surface area contributed by atoms with Crippen LogP contribution in [0.3, 0.4) is 0 Å². The molecule has 11 nitrogen and oxygen atoms in total. The van der Waals surface area contributed by atoms with Gasteiger partial charge in [0.15, 0.2) is 23.3 Å². The van der Waals surface area contributed by atoms with Crippen LogP contribution in [-0.4, -0.2) is 33.7 Å². The second-order valence-electron chi connectivity index (χ2n) is 12.9. The topological polar surface area (TPSA) is 185 Å². The standard InChI is InChI=1S/C42H13F4N7O4S3/c43-24-6-20-22(8-26(24)45)37(54)34(32(20)18(12-47)13-48)51-30-10-28-39(59-30)41-36(53(28)42(56)57-16-17-4-2-1-3-5-17)40-29(58-41)11-31(60-40)52-35-33(19(14-49)15-50)21-7-25(44)27(46)9-23(21)38(35)55/h1-11H,16H2/b51-34-,52-35-. The highest BCUT2D eigenvalue weighted by Gasteiger charge is 2.38. The molecule has 18 heteroatoms. The van der Waals surface area contributed by atoms with Crippen molar-refractivity contribution < 1.29 is 36.7 Å². The van der Waals surface area contributed by atoms with Crippen molar-refractivity contribution in [3.05, 3.63) is 129 Å². The highest BCUT2D eigenvalue weighted by molar-refractivity contribution is 7.37. The summed E-state index contributed by atoms with van der Waals surface area (Å²) in [5.74, 6) is -6.89. The molecule has 7 aromatic rings. The van der Waals surface area contributed by atoms with Crippen LogP contribution in [0.5, 0.6) is 0 Å². The Labute approximate surface area is 344 Å². The molecule has 0 aliphatic heterocycles. The van der Waals surface area contributed by atoms with Crippen LogP contribution in [0.1, 0.15) is 37.4 Å². The summed E-state index contributed by atoms with van der Waals surface area (Å²) in [5, 5.41) is 39.2. The van der Waals surface area contributed by atoms with Gasteiger partial charge in [-0.05, 0) is 42.0 Å². The molecule has 0 saturated carbocycles. The fourth-order valence-electron chi connectivity index (χ4n) is 6.96. The van der Waals surface area contributed by atoms with Crippen LogP contribution < -0.4 is 0 Å². The van der Waals surface area contributed by atoms with Gasteiger partial charge < -0.3 is 4.74 Å². The number of nitrogens with zero attached hydrogens (tertiary/aromatic N) is 7. The number of ketones is 2. The molecular formula is C42H13F4N7O4S3. The molecule has 0 saturated heterocycles. The Kier molecular flexibility index (Phi) is 8.92. The Morgan fingerprint density at radius 1 is 0.633 bits per heavy atom. The molecule has 286 valence electrons. The van der Waals surface area contributed by atoms with E-state index < -0.39 is 57.8 Å². The van der Waals surface area contributed by atoms with Gasteiger partial charge in [0, 0.05) is 33.4 Å². The van der Waals surface area contributed by atoms with Crippen LogP contribution in [0.2, 0.25) is 0 Å². The average molecular weight is 852 g/mol. The highest BCUT2D eigenvalue weighted by atomic mass is 32.1. The van der Waals surface area contributed by atoms with E-state index in [2.05, 4.69) is 9.98 Å². The number of hydrogen-bond donors (Lipinski definition) is 0. The monoisotopic (exact) mass is 851 g/mol. The lowest BCUT2D eigenvalue weighted by atomic mass is 10.0. The van der Waals surface area contributed by atoms with Crippen LogP contribution >= 0.6 is 34.0 Å². The lowest BCUT2D eigenvalue weighted by Crippen LogP contribution is -2.13. The number of aliphatic imine (C=N–C) groups is 2. The minimum Gasteiger partial charge on any atom is -0.444 e. The van der Waals surface area contributed by atoms with Crippen LogP contribution in [0.4, 0.5) is 32.4 Å². The Balaban J connectivity index is 1.21. The van der Waals surface area contributed by atoms with Gasteiger partial charge in [0.25, 0.3) is 0 Å². The minimum atomic E-state index is -1.31. The van der Waals surface area contributed by atoms with E-state index in [4.69, 9.17) is 4.74 Å². The quantitative estimate of drug-likeness (QED) is 0.124. The maximum Gasteiger partial charge on any atom is 0.419 e. The van der Waals surface area contributed by atoms with Gasteiger partial charge in [-0.15, -0.1) is 34.0 Å². The van der Waals surface area contributed by atoms with Crippen LogP contribution in [-0.2, 0) is 11.3 Å². The van der Waals surface area contributed by atoms with Gasteiger partial charge in [0.2, 0.25) is 11.6 Å². The number of thiophene rings is 3. The zero-order valence-corrected chi connectivity index (χ0v) is 32.0. The molecule has 2 aliphatic carbocycles. The van der Waals surface area contributed by atoms with Crippen molar-refractivity contribution in [1.29, 1.82) is 21.0 Å². The summed E-state index contributed by atoms with van der Waals surface area (Å²) in [7, 11) is 0. The molecule has 4 aromatic heterocycles. The van der Waals surface area contributed by atoms with Crippen molar-refractivity contribution in [3.8, 4) is 24.3 Å². The van der Waals surface area contributed by atoms with Crippen molar-refractivity contribution in [2.24, 2.45) is 9.98 Å². The molecule has 0 bridgehead atoms. The van der Waals surface area contributed by atoms with E-state index in [9.17, 15) is 53.0 Å². The highest BCUT2D eigenvalue weighted by Crippen LogP contribution is 2.50. The number of aromatic nitrogens is 1. The van der Waals surface area contributed by atoms with Crippen LogP contribution in [0.15, 0.2) is 87.9 Å². The first kappa shape index (κ1) is 37.7. The number of hydrogen-bond acceptors (Lipinski definition) is 13. The first-order valence-electron chi connectivity index (χ1n) is 17.0. The lowest BCUT2D eigenvalue weighted by Gasteiger charge is -2.07. The van der Waals surface area contributed by atoms with Gasteiger partial charge in [-0.1, -0.05) is 30.3 Å². The maximum atomic E-state index is 14.4. The van der Waals surface area contributed by atoms with Crippen molar-refractivity contribution in [1.82, 2.24) is 4.57 Å². The van der Waals surface area contributed by atoms with Gasteiger partial charge in [-0.3, -0.25) is 9.59 Å². The number of nitriles is 4. The number of carbonyl (C=O) groups is 3. The first-order valence-corrected chi connectivity index (χ1v) is 19.5. The van der Waals surface area contributed by atoms with Crippen molar-refractivity contribution in [3.63, 3.8) is 0 Å². The van der Waals surface area contributed by atoms with Crippen LogP contribution in [0, 0.1) is 68.6 Å². The summed E-state index contributed by atoms with van der Waals surface area (Å²) in [4.78, 5) is 50.2. The van der Waals surface area contributed by atoms with E-state index in [0.717, 1.165) is 34.8 Å². The summed E-state index contributed by atoms with van der Waals surface area (Å²) in [6, 6.07) is 21.5. The second kappa shape index (κ2) is 14.2. The third-order valence-electron chi connectivity index (χ3n) is 9.53. The van der Waals surface area contributed by atoms with Crippen molar-refractivity contribution in [2.45, 2.75) is 6.61 Å². The van der Waals surface area contributed by atoms with Crippen molar-refractivity contribution >= 4 is 114 Å². The zero-order chi connectivity index (χ0) is 42.1. The summed E-state index contributed by atoms with van der Waals surface area (Å²) >= 11 is 3.31. The molecule has 3 aromatic carbocycles. The molecule has 0 N–H and O–H groups in total. The molecule has 2 aliphatic rings. The number of benzene rings is 3. The minimum absolute atomic E-state index is 0.116. The largest absolute Gasteiger partial charge is 0.444 e. The van der Waals surface area contributed by atoms with E-state index in [1.54, 1.807) is 60.7 Å². The van der Waals surface area contributed by atoms with E-state index in [1.165, 1.54) is 22.0 Å². The lowest BCUT2D eigenvalue weighted by molar-refractivity contribution is 0.106. The normalized spacial score (nSPS) is 14.5. The van der Waals surface area contributed by atoms with Crippen molar-refractivity contribution in [2.75, 3.05) is 0 Å². The van der Waals surface area contributed by atoms with Gasteiger partial charge in [-0.2, -0.15) is 21.0 Å². The van der Waals surface area contributed by atoms with Gasteiger partial charge >= 0.3 is 6.09 Å². The molecule has 4 heterocycles. The average Bonchev–Trinajstić information content (AvgIpc) is 4.06. The van der Waals surface area contributed by atoms with E-state index in [-0.39, 0.29) is 61.2 Å². The van der Waals surface area contributed by atoms with Gasteiger partial charge in [-0.25, -0.2) is 36.9 Å². The number of halogens is 4. The molecule has 0 fully saturated rings. The van der Waals surface area contributed by atoms with Crippen LogP contribution in [0.25, 0.3) is 41.0 Å². The van der Waals surface area contributed by atoms with Gasteiger partial charge in [0.05, 0.1) is 29.8 Å². The molecule has 60 heavy (non-hydrogen) atoms. The Bertz CT molecular complexity index is 3460. The summed E-state index contributed by atoms with van der Waals surface area (Å²) < 4.78 is 66.4. The second-order valence-corrected chi connectivity index (χ2v) is 16.0. The molecule has 0 spiro atoms. The SMILES string of the molecule is N#CC(C#N)=C1/C(=N/c2cc3c(s2)c2sc4cc(/N=C5\C(=O)c6cc(F)c(F)cc6C5=C(C#N)C#N)sc4c2n3C(=O)OCc2ccccc2)C(=O)c2cc(F)c(F)cc21. The number of fused-ring (bicyclic) bond motifs is 7. The fourth-order valence-corrected chi connectivity index (χ4v) is 10.6. The fraction of sp³-hybridized carbons (Fsp3) is 0.0238. The summed E-state index contributed by atoms with van der Waals surface area (Å²) in [6.07, 6.45) is -0.813. The molecule has 0 amide bonds. The zero-order valence-electron chi connectivity index (χ0n) is 29.6. The molecule has 0 unspecified atom stereocenters. The Morgan fingerprint density at radius 3 is 1.63 bits per heavy atom. The van der Waals surface area contributed by atoms with E-state index in [0.29, 0.717) is 42.0 Å². The first-order chi connectivity index (χ1) is 29.0. The third-order valence-corrected chi connectivity index (χ3v) is 13.0. The molecule has 9 rings (SSSR count). The summed E-state index contributed by atoms with van der Waals surface area (Å²) in [6.45, 7) is -0.116. The number of Topliss-reactive ketones (excluding diaryl/α,β-unsaturated/α-hetero) is 2. The summed E-state index contributed by atoms with van der Waals surface area (Å²) in [5.41, 5.74) is -1.93. The maximum absolute atomic E-state index is 14.4. The third kappa shape index (κ3) is 5.74. The molecule has 0 atom stereocenters. The predicted octanol–water partition coefficient (Wildman–Crippen LogP) is 10.4. The van der Waals surface area contributed by atoms with Gasteiger partial charge in [0.1, 0.15) is 63.5 Å². The number of ether oxygens (including phenoxy) is 1. The number of rotatable bonds is 4. The molecule has 0 radical (unpaired) electrons. The Hall–Kier alpha value is -7.87.